The summed E-state index contributed by atoms with van der Waals surface area (Å²) < 4.78 is 0. The van der Waals surface area contributed by atoms with Gasteiger partial charge in [0.1, 0.15) is 0 Å². The Bertz CT molecular complexity index is 974. The predicted molar refractivity (Wildman–Crippen MR) is 128 cm³/mol. The first kappa shape index (κ1) is 22.7. The van der Waals surface area contributed by atoms with Crippen LogP contribution in [0.5, 0.6) is 0 Å². The van der Waals surface area contributed by atoms with E-state index in [1.807, 2.05) is 24.3 Å². The molecule has 1 saturated carbocycles. The number of hydrogen-bond acceptors (Lipinski definition) is 4. The summed E-state index contributed by atoms with van der Waals surface area (Å²) in [5.41, 5.74) is 2.87. The highest BCUT2D eigenvalue weighted by Gasteiger charge is 2.27. The largest absolute Gasteiger partial charge is 0.352 e. The smallest absolute Gasteiger partial charge is 0.252 e. The first-order valence-corrected chi connectivity index (χ1v) is 11.8. The van der Waals surface area contributed by atoms with Gasteiger partial charge in [-0.25, -0.2) is 0 Å². The molecule has 1 unspecified atom stereocenters. The lowest BCUT2D eigenvalue weighted by Gasteiger charge is -2.29. The van der Waals surface area contributed by atoms with Crippen molar-refractivity contribution >= 4 is 29.1 Å². The minimum atomic E-state index is -0.0946. The zero-order valence-electron chi connectivity index (χ0n) is 18.8. The first-order valence-electron chi connectivity index (χ1n) is 11.4. The molecule has 170 valence electrons. The molecule has 0 radical (unpaired) electrons. The van der Waals surface area contributed by atoms with Crippen molar-refractivity contribution in [2.45, 2.75) is 32.6 Å². The van der Waals surface area contributed by atoms with Gasteiger partial charge in [-0.05, 0) is 75.4 Å². The van der Waals surface area contributed by atoms with Crippen LogP contribution in [0.1, 0.15) is 43.0 Å². The maximum absolute atomic E-state index is 12.5. The number of nitrogens with one attached hydrogen (secondary N) is 1. The monoisotopic (exact) mass is 454 g/mol. The molecule has 2 aliphatic rings. The van der Waals surface area contributed by atoms with E-state index < -0.39 is 0 Å². The van der Waals surface area contributed by atoms with Crippen molar-refractivity contribution in [3.63, 3.8) is 0 Å². The number of hydrogen-bond donors (Lipinski definition) is 1. The normalized spacial score (nSPS) is 18.9. The summed E-state index contributed by atoms with van der Waals surface area (Å²) in [7, 11) is 2.13. The minimum Gasteiger partial charge on any atom is -0.352 e. The molecule has 6 nitrogen and oxygen atoms in total. The summed E-state index contributed by atoms with van der Waals surface area (Å²) in [6, 6.07) is 9.26. The predicted octanol–water partition coefficient (Wildman–Crippen LogP) is 4.24. The molecule has 4 rings (SSSR count). The van der Waals surface area contributed by atoms with E-state index in [1.54, 1.807) is 24.1 Å². The second kappa shape index (κ2) is 10.0. The SMILES string of the molecule is CC(=O)N(CC1CC1)c1ccc(-c2ccc(C(=O)NCC3CCCN(C)C3)cn2)cc1Cl. The molecule has 2 aromatic rings. The van der Waals surface area contributed by atoms with Crippen molar-refractivity contribution in [1.29, 1.82) is 0 Å². The van der Waals surface area contributed by atoms with E-state index >= 15 is 0 Å². The number of rotatable bonds is 7. The van der Waals surface area contributed by atoms with Crippen LogP contribution in [0.25, 0.3) is 11.3 Å². The van der Waals surface area contributed by atoms with Gasteiger partial charge in [0.2, 0.25) is 5.91 Å². The van der Waals surface area contributed by atoms with Crippen LogP contribution in [0.2, 0.25) is 5.02 Å². The molecule has 1 N–H and O–H groups in total. The summed E-state index contributed by atoms with van der Waals surface area (Å²) >= 11 is 6.54. The van der Waals surface area contributed by atoms with Crippen molar-refractivity contribution in [2.75, 3.05) is 38.1 Å². The zero-order valence-corrected chi connectivity index (χ0v) is 19.6. The van der Waals surface area contributed by atoms with Crippen molar-refractivity contribution in [1.82, 2.24) is 15.2 Å². The van der Waals surface area contributed by atoms with E-state index in [9.17, 15) is 9.59 Å². The highest BCUT2D eigenvalue weighted by Crippen LogP contribution is 2.35. The highest BCUT2D eigenvalue weighted by molar-refractivity contribution is 6.34. The van der Waals surface area contributed by atoms with Crippen LogP contribution >= 0.6 is 11.6 Å². The van der Waals surface area contributed by atoms with Crippen LogP contribution in [-0.2, 0) is 4.79 Å². The van der Waals surface area contributed by atoms with Gasteiger partial charge >= 0.3 is 0 Å². The number of piperidine rings is 1. The van der Waals surface area contributed by atoms with E-state index in [1.165, 1.54) is 19.3 Å². The molecular weight excluding hydrogens is 424 g/mol. The minimum absolute atomic E-state index is 0.0000815. The van der Waals surface area contributed by atoms with Crippen LogP contribution in [-0.4, -0.2) is 54.9 Å². The summed E-state index contributed by atoms with van der Waals surface area (Å²) in [5.74, 6) is 0.983. The molecule has 2 heterocycles. The Morgan fingerprint density at radius 2 is 2.00 bits per heavy atom. The fourth-order valence-corrected chi connectivity index (χ4v) is 4.60. The second-order valence-corrected chi connectivity index (χ2v) is 9.56. The quantitative estimate of drug-likeness (QED) is 0.679. The van der Waals surface area contributed by atoms with Crippen LogP contribution in [0.3, 0.4) is 0 Å². The molecule has 1 aliphatic heterocycles. The van der Waals surface area contributed by atoms with Crippen LogP contribution < -0.4 is 10.2 Å². The molecule has 0 bridgehead atoms. The van der Waals surface area contributed by atoms with E-state index in [4.69, 9.17) is 11.6 Å². The van der Waals surface area contributed by atoms with Gasteiger partial charge in [-0.1, -0.05) is 17.7 Å². The lowest BCUT2D eigenvalue weighted by atomic mass is 9.98. The summed E-state index contributed by atoms with van der Waals surface area (Å²) in [5, 5.41) is 3.57. The molecule has 2 fully saturated rings. The number of likely N-dealkylation sites (tertiary alicyclic amines) is 1. The van der Waals surface area contributed by atoms with Gasteiger partial charge in [0.05, 0.1) is 22.0 Å². The Morgan fingerprint density at radius 1 is 1.19 bits per heavy atom. The molecular formula is C25H31ClN4O2. The van der Waals surface area contributed by atoms with Crippen molar-refractivity contribution in [3.8, 4) is 11.3 Å². The summed E-state index contributed by atoms with van der Waals surface area (Å²) in [6.45, 7) is 5.14. The number of carbonyl (C=O) groups is 2. The van der Waals surface area contributed by atoms with Gasteiger partial charge < -0.3 is 15.1 Å². The fourth-order valence-electron chi connectivity index (χ4n) is 4.32. The van der Waals surface area contributed by atoms with E-state index in [2.05, 4.69) is 22.2 Å². The topological polar surface area (TPSA) is 65.5 Å². The number of aromatic nitrogens is 1. The first-order chi connectivity index (χ1) is 15.4. The number of carbonyl (C=O) groups excluding carboxylic acids is 2. The molecule has 2 amide bonds. The maximum Gasteiger partial charge on any atom is 0.252 e. The van der Waals surface area contributed by atoms with Gasteiger partial charge in [-0.15, -0.1) is 0 Å². The van der Waals surface area contributed by atoms with E-state index in [0.717, 1.165) is 36.5 Å². The Hall–Kier alpha value is -2.44. The molecule has 1 aromatic heterocycles. The highest BCUT2D eigenvalue weighted by atomic mass is 35.5. The molecule has 1 saturated heterocycles. The molecule has 1 atom stereocenters. The van der Waals surface area contributed by atoms with Gasteiger partial charge in [0.15, 0.2) is 0 Å². The van der Waals surface area contributed by atoms with Crippen molar-refractivity contribution in [3.05, 3.63) is 47.1 Å². The summed E-state index contributed by atoms with van der Waals surface area (Å²) in [6.07, 6.45) is 6.27. The number of nitrogens with zero attached hydrogens (tertiary/aromatic N) is 3. The lowest BCUT2D eigenvalue weighted by molar-refractivity contribution is -0.116. The van der Waals surface area contributed by atoms with Crippen molar-refractivity contribution in [2.24, 2.45) is 11.8 Å². The third kappa shape index (κ3) is 5.67. The molecule has 32 heavy (non-hydrogen) atoms. The van der Waals surface area contributed by atoms with E-state index in [-0.39, 0.29) is 11.8 Å². The number of halogens is 1. The average Bonchev–Trinajstić information content (AvgIpc) is 3.60. The number of anilines is 1. The Balaban J connectivity index is 1.40. The molecule has 7 heteroatoms. The standard InChI is InChI=1S/C25H31ClN4O2/c1-17(31)30(16-18-5-6-18)24-10-8-20(12-22(24)26)23-9-7-21(14-27-23)25(32)28-13-19-4-3-11-29(2)15-19/h7-10,12,14,18-19H,3-6,11,13,15-16H2,1-2H3,(H,28,32). The number of benzene rings is 1. The fraction of sp³-hybridized carbons (Fsp3) is 0.480. The Morgan fingerprint density at radius 3 is 2.62 bits per heavy atom. The van der Waals surface area contributed by atoms with Crippen LogP contribution in [0.4, 0.5) is 5.69 Å². The number of amides is 2. The molecule has 1 aliphatic carbocycles. The van der Waals surface area contributed by atoms with Gasteiger partial charge in [-0.2, -0.15) is 0 Å². The summed E-state index contributed by atoms with van der Waals surface area (Å²) in [4.78, 5) is 33.2. The van der Waals surface area contributed by atoms with Crippen LogP contribution in [0.15, 0.2) is 36.5 Å². The van der Waals surface area contributed by atoms with Crippen molar-refractivity contribution < 1.29 is 9.59 Å². The average molecular weight is 455 g/mol. The van der Waals surface area contributed by atoms with Gasteiger partial charge in [-0.3, -0.25) is 14.6 Å². The Labute approximate surface area is 195 Å². The zero-order chi connectivity index (χ0) is 22.7. The third-order valence-corrected chi connectivity index (χ3v) is 6.65. The third-order valence-electron chi connectivity index (χ3n) is 6.35. The second-order valence-electron chi connectivity index (χ2n) is 9.15. The molecule has 0 spiro atoms. The van der Waals surface area contributed by atoms with Gasteiger partial charge in [0.25, 0.3) is 5.91 Å². The number of pyridine rings is 1. The lowest BCUT2D eigenvalue weighted by Crippen LogP contribution is -2.39. The van der Waals surface area contributed by atoms with Crippen LogP contribution in [0, 0.1) is 11.8 Å². The van der Waals surface area contributed by atoms with E-state index in [0.29, 0.717) is 35.5 Å². The molecule has 1 aromatic carbocycles. The van der Waals surface area contributed by atoms with Gasteiger partial charge in [0, 0.05) is 38.3 Å². The Kier molecular flexibility index (Phi) is 7.11. The maximum atomic E-state index is 12.5.